The summed E-state index contributed by atoms with van der Waals surface area (Å²) >= 11 is 0. The molecule has 33 heavy (non-hydrogen) atoms. The first-order chi connectivity index (χ1) is 15.9. The van der Waals surface area contributed by atoms with Crippen molar-refractivity contribution in [3.05, 3.63) is 64.1 Å². The van der Waals surface area contributed by atoms with Gasteiger partial charge in [-0.3, -0.25) is 19.2 Å². The zero-order chi connectivity index (χ0) is 23.5. The Morgan fingerprint density at radius 2 is 2.00 bits per heavy atom. The highest BCUT2D eigenvalue weighted by molar-refractivity contribution is 6.39. The third-order valence-corrected chi connectivity index (χ3v) is 5.66. The number of amides is 3. The van der Waals surface area contributed by atoms with Gasteiger partial charge in [-0.05, 0) is 54.5 Å². The number of benzene rings is 1. The minimum Gasteiger partial charge on any atom is -0.480 e. The van der Waals surface area contributed by atoms with E-state index in [4.69, 9.17) is 10.5 Å². The molecule has 1 aliphatic heterocycles. The molecule has 0 spiro atoms. The van der Waals surface area contributed by atoms with Crippen molar-refractivity contribution in [2.75, 3.05) is 19.0 Å². The van der Waals surface area contributed by atoms with Crippen LogP contribution in [-0.2, 0) is 9.59 Å². The third kappa shape index (κ3) is 4.54. The molecule has 0 radical (unpaired) electrons. The van der Waals surface area contributed by atoms with Gasteiger partial charge in [0.05, 0.1) is 25.0 Å². The lowest BCUT2D eigenvalue weighted by molar-refractivity contribution is -0.145. The molecule has 0 bridgehead atoms. The number of hydrogen-bond donors (Lipinski definition) is 3. The van der Waals surface area contributed by atoms with Crippen LogP contribution in [0.1, 0.15) is 41.2 Å². The number of ether oxygens (including phenoxy) is 1. The Bertz CT molecular complexity index is 1300. The standard InChI is InChI=1S/C23H23N5O5/c1-33-22-16(20(24)30)11-15(12-25-22)26-21(31)23(32)28-9-3-2-4-18(28)14-5-7-17-13(10-14)6-8-19(29)27-17/h5-8,10-12,18H,2-4,9H2,1H3,(H2,24,30)(H,26,31)(H,27,29)/t18-/m0/s1. The summed E-state index contributed by atoms with van der Waals surface area (Å²) in [7, 11) is 1.34. The summed E-state index contributed by atoms with van der Waals surface area (Å²) < 4.78 is 4.99. The number of fused-ring (bicyclic) bond motifs is 1. The molecular weight excluding hydrogens is 426 g/mol. The number of hydrogen-bond acceptors (Lipinski definition) is 6. The molecule has 1 aromatic carbocycles. The van der Waals surface area contributed by atoms with Gasteiger partial charge < -0.3 is 25.7 Å². The summed E-state index contributed by atoms with van der Waals surface area (Å²) in [4.78, 5) is 57.2. The van der Waals surface area contributed by atoms with Crippen LogP contribution in [0.3, 0.4) is 0 Å². The molecule has 1 aliphatic rings. The zero-order valence-electron chi connectivity index (χ0n) is 18.0. The van der Waals surface area contributed by atoms with Crippen LogP contribution in [0.15, 0.2) is 47.4 Å². The van der Waals surface area contributed by atoms with Gasteiger partial charge in [0.2, 0.25) is 11.4 Å². The first-order valence-electron chi connectivity index (χ1n) is 10.5. The fraction of sp³-hybridized carbons (Fsp3) is 0.261. The van der Waals surface area contributed by atoms with Crippen molar-refractivity contribution in [2.45, 2.75) is 25.3 Å². The van der Waals surface area contributed by atoms with Gasteiger partial charge in [-0.25, -0.2) is 4.98 Å². The topological polar surface area (TPSA) is 147 Å². The average Bonchev–Trinajstić information content (AvgIpc) is 2.83. The smallest absolute Gasteiger partial charge is 0.313 e. The van der Waals surface area contributed by atoms with Crippen molar-refractivity contribution < 1.29 is 19.1 Å². The number of pyridine rings is 2. The molecule has 0 saturated carbocycles. The Morgan fingerprint density at radius 3 is 2.76 bits per heavy atom. The van der Waals surface area contributed by atoms with Gasteiger partial charge in [-0.2, -0.15) is 0 Å². The Hall–Kier alpha value is -4.21. The van der Waals surface area contributed by atoms with Crippen LogP contribution in [0.25, 0.3) is 10.9 Å². The van der Waals surface area contributed by atoms with E-state index in [0.717, 1.165) is 23.8 Å². The van der Waals surface area contributed by atoms with Gasteiger partial charge in [-0.15, -0.1) is 0 Å². The van der Waals surface area contributed by atoms with Crippen LogP contribution in [0.5, 0.6) is 5.88 Å². The maximum atomic E-state index is 13.1. The predicted molar refractivity (Wildman–Crippen MR) is 121 cm³/mol. The normalized spacial score (nSPS) is 15.8. The summed E-state index contributed by atoms with van der Waals surface area (Å²) in [5.74, 6) is -2.26. The molecule has 10 heteroatoms. The third-order valence-electron chi connectivity index (χ3n) is 5.66. The van der Waals surface area contributed by atoms with E-state index in [9.17, 15) is 19.2 Å². The molecule has 3 aromatic rings. The first-order valence-corrected chi connectivity index (χ1v) is 10.5. The molecule has 3 heterocycles. The number of anilines is 1. The molecule has 2 aromatic heterocycles. The first kappa shape index (κ1) is 22.0. The number of nitrogens with zero attached hydrogens (tertiary/aromatic N) is 2. The highest BCUT2D eigenvalue weighted by atomic mass is 16.5. The number of aromatic amines is 1. The lowest BCUT2D eigenvalue weighted by atomic mass is 9.94. The number of aromatic nitrogens is 2. The summed E-state index contributed by atoms with van der Waals surface area (Å²) in [6, 6.07) is 9.81. The number of H-pyrrole nitrogens is 1. The molecule has 1 saturated heterocycles. The van der Waals surface area contributed by atoms with Gasteiger partial charge in [0.25, 0.3) is 5.91 Å². The van der Waals surface area contributed by atoms with E-state index in [1.54, 1.807) is 17.0 Å². The lowest BCUT2D eigenvalue weighted by Gasteiger charge is -2.35. The largest absolute Gasteiger partial charge is 0.480 e. The van der Waals surface area contributed by atoms with E-state index in [1.165, 1.54) is 25.4 Å². The van der Waals surface area contributed by atoms with E-state index in [0.29, 0.717) is 18.5 Å². The molecule has 3 amide bonds. The van der Waals surface area contributed by atoms with E-state index in [1.807, 2.05) is 12.1 Å². The maximum Gasteiger partial charge on any atom is 0.313 e. The van der Waals surface area contributed by atoms with Gasteiger partial charge in [-0.1, -0.05) is 6.07 Å². The Labute approximate surface area is 188 Å². The number of nitrogens with two attached hydrogens (primary N) is 1. The number of methoxy groups -OCH3 is 1. The Morgan fingerprint density at radius 1 is 1.18 bits per heavy atom. The summed E-state index contributed by atoms with van der Waals surface area (Å²) in [6.07, 6.45) is 3.70. The maximum absolute atomic E-state index is 13.1. The minimum absolute atomic E-state index is 0.00666. The number of carbonyl (C=O) groups excluding carboxylic acids is 3. The highest BCUT2D eigenvalue weighted by Gasteiger charge is 2.32. The SMILES string of the molecule is COc1ncc(NC(=O)C(=O)N2CCCC[C@H]2c2ccc3[nH]c(=O)ccc3c2)cc1C(N)=O. The minimum atomic E-state index is -0.839. The molecule has 170 valence electrons. The van der Waals surface area contributed by atoms with Gasteiger partial charge in [0, 0.05) is 18.1 Å². The van der Waals surface area contributed by atoms with Crippen molar-refractivity contribution in [3.63, 3.8) is 0 Å². The van der Waals surface area contributed by atoms with E-state index < -0.39 is 17.7 Å². The van der Waals surface area contributed by atoms with Crippen LogP contribution >= 0.6 is 0 Å². The second-order valence-electron chi connectivity index (χ2n) is 7.78. The number of likely N-dealkylation sites (tertiary alicyclic amines) is 1. The Balaban J connectivity index is 1.56. The summed E-state index contributed by atoms with van der Waals surface area (Å²) in [5, 5.41) is 3.34. The van der Waals surface area contributed by atoms with Gasteiger partial charge in [0.1, 0.15) is 5.56 Å². The number of rotatable bonds is 4. The number of piperidine rings is 1. The van der Waals surface area contributed by atoms with Gasteiger partial charge >= 0.3 is 11.8 Å². The summed E-state index contributed by atoms with van der Waals surface area (Å²) in [5.41, 5.74) is 6.89. The van der Waals surface area contributed by atoms with Crippen molar-refractivity contribution in [3.8, 4) is 5.88 Å². The Kier molecular flexibility index (Phi) is 6.07. The predicted octanol–water partition coefficient (Wildman–Crippen LogP) is 1.72. The molecule has 0 unspecified atom stereocenters. The van der Waals surface area contributed by atoms with Crippen molar-refractivity contribution >= 4 is 34.3 Å². The van der Waals surface area contributed by atoms with Crippen LogP contribution < -0.4 is 21.3 Å². The number of nitrogens with one attached hydrogen (secondary N) is 2. The van der Waals surface area contributed by atoms with Crippen LogP contribution in [0.4, 0.5) is 5.69 Å². The van der Waals surface area contributed by atoms with Crippen LogP contribution in [0, 0.1) is 0 Å². The van der Waals surface area contributed by atoms with Crippen molar-refractivity contribution in [2.24, 2.45) is 5.73 Å². The molecular formula is C23H23N5O5. The van der Waals surface area contributed by atoms with E-state index in [2.05, 4.69) is 15.3 Å². The number of carbonyl (C=O) groups is 3. The monoisotopic (exact) mass is 449 g/mol. The van der Waals surface area contributed by atoms with Crippen molar-refractivity contribution in [1.82, 2.24) is 14.9 Å². The fourth-order valence-electron chi connectivity index (χ4n) is 4.08. The molecule has 1 atom stereocenters. The van der Waals surface area contributed by atoms with Gasteiger partial charge in [0.15, 0.2) is 0 Å². The van der Waals surface area contributed by atoms with Crippen molar-refractivity contribution in [1.29, 1.82) is 0 Å². The molecule has 1 fully saturated rings. The summed E-state index contributed by atoms with van der Waals surface area (Å²) in [6.45, 7) is 0.438. The van der Waals surface area contributed by atoms with E-state index in [-0.39, 0.29) is 28.7 Å². The average molecular weight is 449 g/mol. The fourth-order valence-corrected chi connectivity index (χ4v) is 4.08. The molecule has 0 aliphatic carbocycles. The molecule has 4 rings (SSSR count). The van der Waals surface area contributed by atoms with Crippen LogP contribution in [-0.4, -0.2) is 46.2 Å². The van der Waals surface area contributed by atoms with E-state index >= 15 is 0 Å². The lowest BCUT2D eigenvalue weighted by Crippen LogP contribution is -2.44. The highest BCUT2D eigenvalue weighted by Crippen LogP contribution is 2.32. The molecule has 10 nitrogen and oxygen atoms in total. The second kappa shape index (κ2) is 9.11. The zero-order valence-corrected chi connectivity index (χ0v) is 18.0. The molecule has 4 N–H and O–H groups in total. The van der Waals surface area contributed by atoms with Crippen LogP contribution in [0.2, 0.25) is 0 Å². The second-order valence-corrected chi connectivity index (χ2v) is 7.78. The number of primary amides is 1. The quantitative estimate of drug-likeness (QED) is 0.517.